The second kappa shape index (κ2) is 1.48. The highest BCUT2D eigenvalue weighted by atomic mass is 14.2. The summed E-state index contributed by atoms with van der Waals surface area (Å²) in [5, 5.41) is 0. The summed E-state index contributed by atoms with van der Waals surface area (Å²) in [7, 11) is 0. The van der Waals surface area contributed by atoms with Crippen molar-refractivity contribution in [3.63, 3.8) is 0 Å². The summed E-state index contributed by atoms with van der Waals surface area (Å²) in [6, 6.07) is 0. The van der Waals surface area contributed by atoms with Crippen molar-refractivity contribution in [2.24, 2.45) is 0 Å². The molecule has 0 aromatic rings. The zero-order valence-electron chi connectivity index (χ0n) is 4.98. The average molecular weight is 106 g/mol. The molecule has 0 radical (unpaired) electrons. The Labute approximate surface area is 49.9 Å². The van der Waals surface area contributed by atoms with Gasteiger partial charge in [-0.05, 0) is 31.3 Å². The largest absolute Gasteiger partial charge is 0.0839 e. The summed E-state index contributed by atoms with van der Waals surface area (Å²) in [6.45, 7) is 0. The van der Waals surface area contributed by atoms with E-state index in [1.807, 2.05) is 0 Å². The minimum Gasteiger partial charge on any atom is -0.0839 e. The van der Waals surface area contributed by atoms with Gasteiger partial charge in [-0.2, -0.15) is 0 Å². The van der Waals surface area contributed by atoms with Crippen molar-refractivity contribution in [1.82, 2.24) is 0 Å². The number of hydrogen-bond donors (Lipinski definition) is 0. The third kappa shape index (κ3) is 0.605. The van der Waals surface area contributed by atoms with Crippen LogP contribution < -0.4 is 0 Å². The molecule has 2 rings (SSSR count). The summed E-state index contributed by atoms with van der Waals surface area (Å²) in [6.07, 6.45) is 9.97. The van der Waals surface area contributed by atoms with Crippen molar-refractivity contribution in [3.05, 3.63) is 23.3 Å². The van der Waals surface area contributed by atoms with E-state index in [0.717, 1.165) is 0 Å². The summed E-state index contributed by atoms with van der Waals surface area (Å²) in [5.41, 5.74) is 3.36. The van der Waals surface area contributed by atoms with Crippen LogP contribution in [0.5, 0.6) is 0 Å². The van der Waals surface area contributed by atoms with Crippen molar-refractivity contribution >= 4 is 0 Å². The second-order valence-corrected chi connectivity index (χ2v) is 2.57. The van der Waals surface area contributed by atoms with Gasteiger partial charge in [0.15, 0.2) is 0 Å². The van der Waals surface area contributed by atoms with E-state index in [1.54, 1.807) is 11.1 Å². The molecule has 0 amide bonds. The Morgan fingerprint density at radius 2 is 2.00 bits per heavy atom. The van der Waals surface area contributed by atoms with Crippen LogP contribution in [-0.2, 0) is 0 Å². The van der Waals surface area contributed by atoms with Gasteiger partial charge in [0.05, 0.1) is 0 Å². The van der Waals surface area contributed by atoms with Crippen LogP contribution in [0.2, 0.25) is 0 Å². The van der Waals surface area contributed by atoms with E-state index in [2.05, 4.69) is 12.2 Å². The Morgan fingerprint density at radius 1 is 1.12 bits per heavy atom. The zero-order chi connectivity index (χ0) is 5.40. The molecule has 0 unspecified atom stereocenters. The molecule has 2 aliphatic carbocycles. The fourth-order valence-electron chi connectivity index (χ4n) is 1.23. The van der Waals surface area contributed by atoms with E-state index in [9.17, 15) is 0 Å². The van der Waals surface area contributed by atoms with Crippen LogP contribution in [0.25, 0.3) is 0 Å². The molecule has 1 saturated carbocycles. The molecule has 42 valence electrons. The van der Waals surface area contributed by atoms with E-state index in [-0.39, 0.29) is 0 Å². The van der Waals surface area contributed by atoms with Gasteiger partial charge in [0.2, 0.25) is 0 Å². The van der Waals surface area contributed by atoms with Crippen LogP contribution in [0.1, 0.15) is 25.7 Å². The first-order chi connectivity index (χ1) is 3.97. The van der Waals surface area contributed by atoms with Crippen molar-refractivity contribution < 1.29 is 0 Å². The maximum atomic E-state index is 2.29. The average Bonchev–Trinajstić information content (AvgIpc) is 2.49. The normalized spacial score (nSPS) is 25.0. The third-order valence-electron chi connectivity index (χ3n) is 1.85. The Balaban J connectivity index is 2.26. The van der Waals surface area contributed by atoms with Crippen LogP contribution in [0.4, 0.5) is 0 Å². The highest BCUT2D eigenvalue weighted by molar-refractivity contribution is 5.36. The quantitative estimate of drug-likeness (QED) is 0.445. The Morgan fingerprint density at radius 3 is 2.50 bits per heavy atom. The molecule has 0 aromatic heterocycles. The lowest BCUT2D eigenvalue weighted by molar-refractivity contribution is 1.06. The molecule has 0 bridgehead atoms. The van der Waals surface area contributed by atoms with Gasteiger partial charge in [-0.25, -0.2) is 0 Å². The number of rotatable bonds is 0. The molecular formula is C8H10. The first kappa shape index (κ1) is 4.37. The SMILES string of the molecule is C1=CC(=C2CC2)CC1. The summed E-state index contributed by atoms with van der Waals surface area (Å²) < 4.78 is 0. The minimum absolute atomic E-state index is 1.29. The molecular weight excluding hydrogens is 96.1 g/mol. The molecule has 8 heavy (non-hydrogen) atoms. The number of hydrogen-bond acceptors (Lipinski definition) is 0. The fraction of sp³-hybridized carbons (Fsp3) is 0.500. The first-order valence-corrected chi connectivity index (χ1v) is 3.34. The van der Waals surface area contributed by atoms with Crippen LogP contribution >= 0.6 is 0 Å². The number of allylic oxidation sites excluding steroid dienone is 4. The van der Waals surface area contributed by atoms with E-state index >= 15 is 0 Å². The Kier molecular flexibility index (Phi) is 0.806. The molecule has 1 fully saturated rings. The molecule has 0 nitrogen and oxygen atoms in total. The van der Waals surface area contributed by atoms with Gasteiger partial charge < -0.3 is 0 Å². The lowest BCUT2D eigenvalue weighted by atomic mass is 10.2. The van der Waals surface area contributed by atoms with Crippen LogP contribution in [0.3, 0.4) is 0 Å². The smallest absolute Gasteiger partial charge is 0.0245 e. The molecule has 0 aromatic carbocycles. The van der Waals surface area contributed by atoms with Gasteiger partial charge in [0.1, 0.15) is 0 Å². The lowest BCUT2D eigenvalue weighted by Crippen LogP contribution is -1.66. The minimum atomic E-state index is 1.29. The molecule has 0 atom stereocenters. The zero-order valence-corrected chi connectivity index (χ0v) is 4.98. The standard InChI is InChI=1S/C8H10/c1-2-4-7(3-1)8-5-6-8/h1,3H,2,4-6H2. The van der Waals surface area contributed by atoms with Gasteiger partial charge in [-0.3, -0.25) is 0 Å². The van der Waals surface area contributed by atoms with Crippen molar-refractivity contribution in [3.8, 4) is 0 Å². The highest BCUT2D eigenvalue weighted by Crippen LogP contribution is 2.35. The Hall–Kier alpha value is -0.520. The van der Waals surface area contributed by atoms with E-state index in [0.29, 0.717) is 0 Å². The van der Waals surface area contributed by atoms with Gasteiger partial charge in [0, 0.05) is 0 Å². The van der Waals surface area contributed by atoms with E-state index in [4.69, 9.17) is 0 Å². The summed E-state index contributed by atoms with van der Waals surface area (Å²) in [5.74, 6) is 0. The van der Waals surface area contributed by atoms with Crippen molar-refractivity contribution in [2.45, 2.75) is 25.7 Å². The maximum Gasteiger partial charge on any atom is -0.0245 e. The monoisotopic (exact) mass is 106 g/mol. The predicted octanol–water partition coefficient (Wildman–Crippen LogP) is 2.43. The predicted molar refractivity (Wildman–Crippen MR) is 34.6 cm³/mol. The molecule has 0 heteroatoms. The van der Waals surface area contributed by atoms with E-state index < -0.39 is 0 Å². The van der Waals surface area contributed by atoms with E-state index in [1.165, 1.54) is 25.7 Å². The van der Waals surface area contributed by atoms with Gasteiger partial charge in [0.25, 0.3) is 0 Å². The first-order valence-electron chi connectivity index (χ1n) is 3.34. The molecule has 2 aliphatic rings. The van der Waals surface area contributed by atoms with Crippen molar-refractivity contribution in [1.29, 1.82) is 0 Å². The molecule has 0 heterocycles. The van der Waals surface area contributed by atoms with Crippen LogP contribution in [-0.4, -0.2) is 0 Å². The molecule has 0 aliphatic heterocycles. The third-order valence-corrected chi connectivity index (χ3v) is 1.85. The second-order valence-electron chi connectivity index (χ2n) is 2.57. The Bertz CT molecular complexity index is 155. The van der Waals surface area contributed by atoms with Crippen LogP contribution in [0, 0.1) is 0 Å². The molecule has 0 spiro atoms. The molecule has 0 saturated heterocycles. The van der Waals surface area contributed by atoms with Crippen molar-refractivity contribution in [2.75, 3.05) is 0 Å². The van der Waals surface area contributed by atoms with Gasteiger partial charge in [-0.15, -0.1) is 0 Å². The van der Waals surface area contributed by atoms with Crippen LogP contribution in [0.15, 0.2) is 23.3 Å². The maximum absolute atomic E-state index is 2.29. The summed E-state index contributed by atoms with van der Waals surface area (Å²) in [4.78, 5) is 0. The molecule has 0 N–H and O–H groups in total. The fourth-order valence-corrected chi connectivity index (χ4v) is 1.23. The lowest BCUT2D eigenvalue weighted by Gasteiger charge is -1.85. The summed E-state index contributed by atoms with van der Waals surface area (Å²) >= 11 is 0. The van der Waals surface area contributed by atoms with Gasteiger partial charge in [-0.1, -0.05) is 17.7 Å². The highest BCUT2D eigenvalue weighted by Gasteiger charge is 2.16. The van der Waals surface area contributed by atoms with Gasteiger partial charge >= 0.3 is 0 Å². The topological polar surface area (TPSA) is 0 Å².